The van der Waals surface area contributed by atoms with E-state index in [-0.39, 0.29) is 0 Å². The third-order valence-electron chi connectivity index (χ3n) is 3.90. The SMILES string of the molecule is CN(Cc1nc(N)c2cnn(C)c2n1)CC1CCCOC1. The number of aryl methyl sites for hydroxylation is 1. The van der Waals surface area contributed by atoms with Crippen LogP contribution >= 0.6 is 0 Å². The van der Waals surface area contributed by atoms with Crippen LogP contribution < -0.4 is 5.73 Å². The molecule has 1 atom stereocenters. The van der Waals surface area contributed by atoms with E-state index >= 15 is 0 Å². The Morgan fingerprint density at radius 1 is 1.48 bits per heavy atom. The van der Waals surface area contributed by atoms with Crippen LogP contribution in [0.2, 0.25) is 0 Å². The highest BCUT2D eigenvalue weighted by molar-refractivity contribution is 5.84. The molecule has 0 aliphatic carbocycles. The van der Waals surface area contributed by atoms with Crippen molar-refractivity contribution < 1.29 is 4.74 Å². The van der Waals surface area contributed by atoms with Crippen molar-refractivity contribution in [3.8, 4) is 0 Å². The monoisotopic (exact) mass is 290 g/mol. The lowest BCUT2D eigenvalue weighted by atomic mass is 10.0. The van der Waals surface area contributed by atoms with Gasteiger partial charge in [-0.2, -0.15) is 5.10 Å². The van der Waals surface area contributed by atoms with Gasteiger partial charge in [-0.3, -0.25) is 9.58 Å². The van der Waals surface area contributed by atoms with Crippen molar-refractivity contribution in [3.63, 3.8) is 0 Å². The summed E-state index contributed by atoms with van der Waals surface area (Å²) in [4.78, 5) is 11.2. The maximum atomic E-state index is 5.99. The molecule has 3 rings (SSSR count). The van der Waals surface area contributed by atoms with Crippen molar-refractivity contribution in [3.05, 3.63) is 12.0 Å². The van der Waals surface area contributed by atoms with Crippen LogP contribution in [0.5, 0.6) is 0 Å². The first-order valence-electron chi connectivity index (χ1n) is 7.34. The number of nitrogen functional groups attached to an aromatic ring is 1. The number of ether oxygens (including phenoxy) is 1. The van der Waals surface area contributed by atoms with E-state index in [1.807, 2.05) is 7.05 Å². The second-order valence-corrected chi connectivity index (χ2v) is 5.81. The van der Waals surface area contributed by atoms with Crippen LogP contribution in [0.15, 0.2) is 6.20 Å². The van der Waals surface area contributed by atoms with Crippen molar-refractivity contribution >= 4 is 16.9 Å². The molecule has 1 saturated heterocycles. The van der Waals surface area contributed by atoms with Gasteiger partial charge in [-0.05, 0) is 25.8 Å². The predicted molar refractivity (Wildman–Crippen MR) is 80.6 cm³/mol. The maximum absolute atomic E-state index is 5.99. The summed E-state index contributed by atoms with van der Waals surface area (Å²) in [7, 11) is 3.95. The van der Waals surface area contributed by atoms with E-state index in [1.165, 1.54) is 6.42 Å². The second-order valence-electron chi connectivity index (χ2n) is 5.81. The van der Waals surface area contributed by atoms with Gasteiger partial charge in [0.15, 0.2) is 5.65 Å². The van der Waals surface area contributed by atoms with Crippen molar-refractivity contribution in [2.45, 2.75) is 19.4 Å². The Kier molecular flexibility index (Phi) is 4.03. The molecule has 0 saturated carbocycles. The largest absolute Gasteiger partial charge is 0.383 e. The van der Waals surface area contributed by atoms with Gasteiger partial charge in [0, 0.05) is 20.2 Å². The lowest BCUT2D eigenvalue weighted by molar-refractivity contribution is 0.0409. The fourth-order valence-electron chi connectivity index (χ4n) is 2.86. The van der Waals surface area contributed by atoms with Crippen LogP contribution in [-0.2, 0) is 18.3 Å². The number of nitrogens with two attached hydrogens (primary N) is 1. The zero-order valence-electron chi connectivity index (χ0n) is 12.6. The third kappa shape index (κ3) is 3.14. The Morgan fingerprint density at radius 2 is 2.33 bits per heavy atom. The van der Waals surface area contributed by atoms with Gasteiger partial charge < -0.3 is 10.5 Å². The highest BCUT2D eigenvalue weighted by Crippen LogP contribution is 2.18. The minimum absolute atomic E-state index is 0.498. The summed E-state index contributed by atoms with van der Waals surface area (Å²) < 4.78 is 7.25. The van der Waals surface area contributed by atoms with Crippen LogP contribution in [0.1, 0.15) is 18.7 Å². The van der Waals surface area contributed by atoms with Gasteiger partial charge in [0.2, 0.25) is 0 Å². The van der Waals surface area contributed by atoms with E-state index in [9.17, 15) is 0 Å². The van der Waals surface area contributed by atoms with Crippen molar-refractivity contribution in [2.75, 3.05) is 32.5 Å². The molecule has 2 aromatic heterocycles. The summed E-state index contributed by atoms with van der Waals surface area (Å²) in [6.45, 7) is 3.43. The van der Waals surface area contributed by atoms with Crippen LogP contribution in [0.25, 0.3) is 11.0 Å². The molecule has 7 heteroatoms. The molecule has 1 fully saturated rings. The molecule has 0 spiro atoms. The fraction of sp³-hybridized carbons (Fsp3) is 0.643. The Morgan fingerprint density at radius 3 is 3.10 bits per heavy atom. The molecule has 1 aliphatic heterocycles. The summed E-state index contributed by atoms with van der Waals surface area (Å²) in [6, 6.07) is 0. The molecule has 1 unspecified atom stereocenters. The van der Waals surface area contributed by atoms with Gasteiger partial charge in [0.1, 0.15) is 11.6 Å². The first kappa shape index (κ1) is 14.2. The number of rotatable bonds is 4. The smallest absolute Gasteiger partial charge is 0.163 e. The van der Waals surface area contributed by atoms with Crippen LogP contribution in [0.4, 0.5) is 5.82 Å². The van der Waals surface area contributed by atoms with Crippen LogP contribution in [0, 0.1) is 5.92 Å². The van der Waals surface area contributed by atoms with Crippen LogP contribution in [0.3, 0.4) is 0 Å². The summed E-state index contributed by atoms with van der Waals surface area (Å²) >= 11 is 0. The zero-order valence-corrected chi connectivity index (χ0v) is 12.6. The lowest BCUT2D eigenvalue weighted by Crippen LogP contribution is -2.31. The van der Waals surface area contributed by atoms with Gasteiger partial charge in [-0.1, -0.05) is 0 Å². The topological polar surface area (TPSA) is 82.1 Å². The van der Waals surface area contributed by atoms with E-state index in [0.29, 0.717) is 18.3 Å². The van der Waals surface area contributed by atoms with E-state index in [0.717, 1.165) is 43.0 Å². The second kappa shape index (κ2) is 5.95. The molecule has 0 radical (unpaired) electrons. The van der Waals surface area contributed by atoms with E-state index in [2.05, 4.69) is 27.0 Å². The van der Waals surface area contributed by atoms with Crippen molar-refractivity contribution in [2.24, 2.45) is 13.0 Å². The number of hydrogen-bond acceptors (Lipinski definition) is 6. The summed E-state index contributed by atoms with van der Waals surface area (Å²) in [5.41, 5.74) is 6.77. The molecule has 7 nitrogen and oxygen atoms in total. The first-order valence-corrected chi connectivity index (χ1v) is 7.34. The van der Waals surface area contributed by atoms with E-state index in [4.69, 9.17) is 10.5 Å². The molecular formula is C14H22N6O. The lowest BCUT2D eigenvalue weighted by Gasteiger charge is -2.26. The molecule has 0 amide bonds. The highest BCUT2D eigenvalue weighted by atomic mass is 16.5. The summed E-state index contributed by atoms with van der Waals surface area (Å²) in [5.74, 6) is 1.84. The van der Waals surface area contributed by atoms with E-state index < -0.39 is 0 Å². The molecule has 114 valence electrons. The molecule has 1 aliphatic rings. The number of aromatic nitrogens is 4. The first-order chi connectivity index (χ1) is 10.1. The van der Waals surface area contributed by atoms with Gasteiger partial charge in [-0.15, -0.1) is 0 Å². The average Bonchev–Trinajstić information content (AvgIpc) is 2.82. The Hall–Kier alpha value is -1.73. The maximum Gasteiger partial charge on any atom is 0.163 e. The van der Waals surface area contributed by atoms with Crippen molar-refractivity contribution in [1.29, 1.82) is 0 Å². The van der Waals surface area contributed by atoms with Crippen molar-refractivity contribution in [1.82, 2.24) is 24.6 Å². The number of fused-ring (bicyclic) bond motifs is 1. The zero-order chi connectivity index (χ0) is 14.8. The standard InChI is InChI=1S/C14H22N6O/c1-19(7-10-4-3-5-21-9-10)8-12-17-13(15)11-6-16-20(2)14(11)18-12/h6,10H,3-5,7-9H2,1-2H3,(H2,15,17,18). The van der Waals surface area contributed by atoms with Gasteiger partial charge in [0.05, 0.1) is 24.7 Å². The minimum Gasteiger partial charge on any atom is -0.383 e. The number of anilines is 1. The summed E-state index contributed by atoms with van der Waals surface area (Å²) in [6.07, 6.45) is 4.09. The van der Waals surface area contributed by atoms with Gasteiger partial charge >= 0.3 is 0 Å². The molecule has 3 heterocycles. The van der Waals surface area contributed by atoms with Gasteiger partial charge in [-0.25, -0.2) is 9.97 Å². The third-order valence-corrected chi connectivity index (χ3v) is 3.90. The van der Waals surface area contributed by atoms with E-state index in [1.54, 1.807) is 10.9 Å². The molecular weight excluding hydrogens is 268 g/mol. The highest BCUT2D eigenvalue weighted by Gasteiger charge is 2.17. The molecule has 2 aromatic rings. The normalized spacial score (nSPS) is 19.5. The summed E-state index contributed by atoms with van der Waals surface area (Å²) in [5, 5.41) is 4.98. The van der Waals surface area contributed by atoms with Crippen LogP contribution in [-0.4, -0.2) is 51.5 Å². The fourth-order valence-corrected chi connectivity index (χ4v) is 2.86. The van der Waals surface area contributed by atoms with Gasteiger partial charge in [0.25, 0.3) is 0 Å². The number of nitrogens with zero attached hydrogens (tertiary/aromatic N) is 5. The predicted octanol–water partition coefficient (Wildman–Crippen LogP) is 0.804. The Bertz CT molecular complexity index is 619. The minimum atomic E-state index is 0.498. The average molecular weight is 290 g/mol. The Balaban J connectivity index is 1.70. The number of hydrogen-bond donors (Lipinski definition) is 1. The molecule has 21 heavy (non-hydrogen) atoms. The quantitative estimate of drug-likeness (QED) is 0.897. The molecule has 2 N–H and O–H groups in total. The molecule has 0 aromatic carbocycles. The molecule has 0 bridgehead atoms. The Labute approximate surface area is 124 Å².